The van der Waals surface area contributed by atoms with E-state index >= 15 is 0 Å². The van der Waals surface area contributed by atoms with E-state index in [-0.39, 0.29) is 23.7 Å². The third-order valence-electron chi connectivity index (χ3n) is 17.1. The third kappa shape index (κ3) is 7.92. The first kappa shape index (κ1) is 46.5. The minimum atomic E-state index is 0.198. The van der Waals surface area contributed by atoms with E-state index in [0.29, 0.717) is 0 Å². The van der Waals surface area contributed by atoms with Crippen LogP contribution in [-0.2, 0) is 0 Å². The molecule has 0 saturated heterocycles. The fraction of sp³-hybridized carbons (Fsp3) is 0.0513. The normalized spacial score (nSPS) is 17.8. The number of nitrogens with zero attached hydrogens (tertiary/aromatic N) is 1. The minimum absolute atomic E-state index is 0.198. The molecular weight excluding hydrogens is 951 g/mol. The second kappa shape index (κ2) is 19.6. The predicted octanol–water partition coefficient (Wildman–Crippen LogP) is 16.3. The van der Waals surface area contributed by atoms with Gasteiger partial charge in [0.05, 0.1) is 0 Å². The third-order valence-corrected chi connectivity index (χ3v) is 17.1. The van der Waals surface area contributed by atoms with Crippen molar-refractivity contribution in [2.24, 2.45) is 23.7 Å². The highest BCUT2D eigenvalue weighted by Crippen LogP contribution is 2.47. The largest absolute Gasteiger partial charge is 0.311 e. The first-order valence-corrected chi connectivity index (χ1v) is 27.8. The number of hydrogen-bond donors (Lipinski definition) is 0. The van der Waals surface area contributed by atoms with Gasteiger partial charge < -0.3 is 4.90 Å². The molecule has 0 saturated carbocycles. The average molecular weight is 1010 g/mol. The molecule has 0 spiro atoms. The van der Waals surface area contributed by atoms with Crippen LogP contribution in [0.25, 0.3) is 66.1 Å². The summed E-state index contributed by atoms with van der Waals surface area (Å²) in [4.78, 5) is 2.44. The standard InChI is InChI=1S/C78H55N/c1-4-22-52(23-5-1)73-61-28-10-16-34-67(61)76(68-35-17-11-29-62(68)73)55-40-46-58(47-41-55)79(59-48-42-56(43-49-59)77-69-36-18-12-30-63(69)74(53-24-6-2-7-25-53)64-31-13-19-37-70(64)77)60-50-44-57(45-51-60)78-71-38-20-14-32-65(71)75(54-26-8-3-9-27-54)66-33-15-21-39-72(66)78/h1-51,61,63,67,69H. The van der Waals surface area contributed by atoms with Gasteiger partial charge in [0.2, 0.25) is 0 Å². The molecule has 0 amide bonds. The number of benzene rings is 11. The molecule has 0 N–H and O–H groups in total. The van der Waals surface area contributed by atoms with Gasteiger partial charge in [-0.2, -0.15) is 0 Å². The second-order valence-corrected chi connectivity index (χ2v) is 21.3. The molecule has 372 valence electrons. The fourth-order valence-corrected chi connectivity index (χ4v) is 13.7. The van der Waals surface area contributed by atoms with Crippen LogP contribution in [0.5, 0.6) is 0 Å². The summed E-state index contributed by atoms with van der Waals surface area (Å²) in [5, 5.41) is 10.2. The Morgan fingerprint density at radius 1 is 0.203 bits per heavy atom. The van der Waals surface area contributed by atoms with Crippen molar-refractivity contribution < 1.29 is 0 Å². The van der Waals surface area contributed by atoms with E-state index in [0.717, 1.165) is 17.1 Å². The molecule has 1 nitrogen and oxygen atoms in total. The summed E-state index contributed by atoms with van der Waals surface area (Å²) >= 11 is 0. The van der Waals surface area contributed by atoms with Crippen molar-refractivity contribution in [1.29, 1.82) is 0 Å². The van der Waals surface area contributed by atoms with Crippen LogP contribution in [0.1, 0.15) is 22.3 Å². The van der Waals surface area contributed by atoms with Crippen LogP contribution in [0.15, 0.2) is 309 Å². The summed E-state index contributed by atoms with van der Waals surface area (Å²) in [6.45, 7) is 0. The molecule has 0 fully saturated rings. The van der Waals surface area contributed by atoms with Crippen molar-refractivity contribution in [3.8, 4) is 22.3 Å². The van der Waals surface area contributed by atoms with Crippen molar-refractivity contribution in [2.75, 3.05) is 4.90 Å². The summed E-state index contributed by atoms with van der Waals surface area (Å²) in [5.74, 6) is 0.843. The Kier molecular flexibility index (Phi) is 11.6. The van der Waals surface area contributed by atoms with Crippen LogP contribution in [0.3, 0.4) is 0 Å². The van der Waals surface area contributed by atoms with Gasteiger partial charge in [0.15, 0.2) is 0 Å². The van der Waals surface area contributed by atoms with Gasteiger partial charge in [-0.05, 0) is 146 Å². The Balaban J connectivity index is 0.889. The van der Waals surface area contributed by atoms with E-state index in [1.165, 1.54) is 109 Å². The van der Waals surface area contributed by atoms with Crippen molar-refractivity contribution in [1.82, 2.24) is 0 Å². The predicted molar refractivity (Wildman–Crippen MR) is 332 cm³/mol. The average Bonchev–Trinajstić information content (AvgIpc) is 3.72. The van der Waals surface area contributed by atoms with Gasteiger partial charge in [-0.1, -0.05) is 273 Å². The molecule has 11 aromatic carbocycles. The molecule has 1 heteroatoms. The van der Waals surface area contributed by atoms with Gasteiger partial charge in [-0.25, -0.2) is 0 Å². The maximum atomic E-state index is 2.44. The Bertz CT molecular complexity index is 4310. The maximum Gasteiger partial charge on any atom is 0.0462 e. The van der Waals surface area contributed by atoms with Crippen molar-refractivity contribution >= 4 is 60.9 Å². The Morgan fingerprint density at radius 2 is 0.430 bits per heavy atom. The fourth-order valence-electron chi connectivity index (χ4n) is 13.7. The van der Waals surface area contributed by atoms with E-state index in [1.54, 1.807) is 0 Å². The van der Waals surface area contributed by atoms with Crippen LogP contribution in [-0.4, -0.2) is 0 Å². The van der Waals surface area contributed by atoms with Crippen molar-refractivity contribution in [2.45, 2.75) is 0 Å². The molecule has 0 aliphatic heterocycles. The molecule has 4 atom stereocenters. The van der Waals surface area contributed by atoms with E-state index in [1.807, 2.05) is 0 Å². The number of fused-ring (bicyclic) bond motifs is 6. The molecular formula is C78H55N. The smallest absolute Gasteiger partial charge is 0.0462 e. The molecule has 4 aliphatic carbocycles. The summed E-state index contributed by atoms with van der Waals surface area (Å²) in [5.41, 5.74) is 18.8. The lowest BCUT2D eigenvalue weighted by Gasteiger charge is -2.34. The lowest BCUT2D eigenvalue weighted by atomic mass is 9.70. The van der Waals surface area contributed by atoms with Crippen molar-refractivity contribution in [3.63, 3.8) is 0 Å². The number of anilines is 3. The first-order valence-electron chi connectivity index (χ1n) is 27.8. The van der Waals surface area contributed by atoms with Gasteiger partial charge in [0, 0.05) is 40.7 Å². The zero-order valence-electron chi connectivity index (χ0n) is 43.7. The highest BCUT2D eigenvalue weighted by molar-refractivity contribution is 6.21. The Hall–Kier alpha value is -9.82. The second-order valence-electron chi connectivity index (χ2n) is 21.3. The Labute approximate surface area is 461 Å². The van der Waals surface area contributed by atoms with Crippen LogP contribution in [0, 0.1) is 23.7 Å². The number of hydrogen-bond acceptors (Lipinski definition) is 1. The number of rotatable bonds is 9. The van der Waals surface area contributed by atoms with Gasteiger partial charge in [0.25, 0.3) is 0 Å². The van der Waals surface area contributed by atoms with Crippen molar-refractivity contribution in [3.05, 3.63) is 353 Å². The van der Waals surface area contributed by atoms with E-state index in [9.17, 15) is 0 Å². The van der Waals surface area contributed by atoms with Gasteiger partial charge in [-0.15, -0.1) is 0 Å². The summed E-state index contributed by atoms with van der Waals surface area (Å²) < 4.78 is 0. The lowest BCUT2D eigenvalue weighted by Crippen LogP contribution is -2.40. The van der Waals surface area contributed by atoms with E-state index in [2.05, 4.69) is 314 Å². The topological polar surface area (TPSA) is 3.24 Å². The molecule has 0 aromatic heterocycles. The summed E-state index contributed by atoms with van der Waals surface area (Å²) in [6.07, 6.45) is 18.6. The zero-order chi connectivity index (χ0) is 52.2. The maximum absolute atomic E-state index is 2.44. The highest BCUT2D eigenvalue weighted by atomic mass is 15.1. The van der Waals surface area contributed by atoms with E-state index < -0.39 is 0 Å². The van der Waals surface area contributed by atoms with Crippen LogP contribution < -0.4 is 25.8 Å². The SMILES string of the molecule is C1=CC2C(c3ccccc3)=c3ccccc3=C(c3ccc(N(c4ccc(C5=c6ccccc6=C(c6ccccc6)C6C=CC=CC56)cc4)c4ccc(-c5c6ccccc6c(-c6ccccc6)c6ccccc56)cc4)cc3)C2C=C1. The molecule has 0 radical (unpaired) electrons. The van der Waals surface area contributed by atoms with E-state index in [4.69, 9.17) is 0 Å². The summed E-state index contributed by atoms with van der Waals surface area (Å²) in [7, 11) is 0. The molecule has 11 aromatic rings. The van der Waals surface area contributed by atoms with Gasteiger partial charge in [-0.3, -0.25) is 0 Å². The van der Waals surface area contributed by atoms with Gasteiger partial charge >= 0.3 is 0 Å². The van der Waals surface area contributed by atoms with Gasteiger partial charge in [0.1, 0.15) is 0 Å². The monoisotopic (exact) mass is 1010 g/mol. The molecule has 79 heavy (non-hydrogen) atoms. The summed E-state index contributed by atoms with van der Waals surface area (Å²) in [6, 6.07) is 96.8. The molecule has 15 rings (SSSR count). The molecule has 0 bridgehead atoms. The lowest BCUT2D eigenvalue weighted by molar-refractivity contribution is 0.686. The number of allylic oxidation sites excluding steroid dienone is 8. The van der Waals surface area contributed by atoms with Crippen LogP contribution in [0.4, 0.5) is 17.1 Å². The van der Waals surface area contributed by atoms with Crippen LogP contribution in [0.2, 0.25) is 0 Å². The highest BCUT2D eigenvalue weighted by Gasteiger charge is 2.34. The zero-order valence-corrected chi connectivity index (χ0v) is 43.7. The minimum Gasteiger partial charge on any atom is -0.311 e. The first-order chi connectivity index (χ1) is 39.2. The Morgan fingerprint density at radius 3 is 0.734 bits per heavy atom. The molecule has 4 unspecified atom stereocenters. The van der Waals surface area contributed by atoms with Crippen LogP contribution >= 0.6 is 0 Å². The molecule has 0 heterocycles. The molecule has 4 aliphatic rings. The quantitative estimate of drug-likeness (QED) is 0.130.